The van der Waals surface area contributed by atoms with E-state index in [1.54, 1.807) is 24.3 Å². The molecule has 3 N–H and O–H groups in total. The molecular weight excluding hydrogens is 372 g/mol. The van der Waals surface area contributed by atoms with Crippen molar-refractivity contribution in [2.45, 2.75) is 57.6 Å². The van der Waals surface area contributed by atoms with Crippen molar-refractivity contribution >= 4 is 0 Å². The van der Waals surface area contributed by atoms with Crippen LogP contribution in [0.3, 0.4) is 0 Å². The number of para-hydroxylation sites is 1. The zero-order chi connectivity index (χ0) is 20.8. The van der Waals surface area contributed by atoms with Gasteiger partial charge in [-0.05, 0) is 35.6 Å². The molecule has 0 radical (unpaired) electrons. The summed E-state index contributed by atoms with van der Waals surface area (Å²) in [6.45, 7) is 4.16. The molecule has 3 rings (SSSR count). The van der Waals surface area contributed by atoms with E-state index in [1.807, 2.05) is 18.2 Å². The first-order chi connectivity index (χ1) is 14.0. The van der Waals surface area contributed by atoms with Crippen LogP contribution in [-0.2, 0) is 22.5 Å². The van der Waals surface area contributed by atoms with Gasteiger partial charge in [0.1, 0.15) is 30.2 Å². The third-order valence-electron chi connectivity index (χ3n) is 4.93. The molecule has 158 valence electrons. The Kier molecular flexibility index (Phi) is 7.64. The number of aliphatic hydroxyl groups excluding tert-OH is 3. The first-order valence-corrected chi connectivity index (χ1v) is 10.0. The van der Waals surface area contributed by atoms with Crippen molar-refractivity contribution in [2.75, 3.05) is 6.61 Å². The third kappa shape index (κ3) is 5.78. The Morgan fingerprint density at radius 2 is 1.59 bits per heavy atom. The Morgan fingerprint density at radius 3 is 2.21 bits per heavy atom. The van der Waals surface area contributed by atoms with Gasteiger partial charge in [-0.15, -0.1) is 0 Å². The van der Waals surface area contributed by atoms with E-state index in [4.69, 9.17) is 14.2 Å². The minimum atomic E-state index is -1.21. The Balaban J connectivity index is 1.65. The predicted molar refractivity (Wildman–Crippen MR) is 108 cm³/mol. The van der Waals surface area contributed by atoms with Gasteiger partial charge in [-0.2, -0.15) is 0 Å². The van der Waals surface area contributed by atoms with Crippen LogP contribution in [0.15, 0.2) is 54.6 Å². The van der Waals surface area contributed by atoms with Gasteiger partial charge in [0, 0.05) is 0 Å². The summed E-state index contributed by atoms with van der Waals surface area (Å²) in [5, 5.41) is 30.7. The van der Waals surface area contributed by atoms with E-state index in [9.17, 15) is 15.3 Å². The molecule has 2 aromatic carbocycles. The Labute approximate surface area is 171 Å². The Hall–Kier alpha value is -1.96. The smallest absolute Gasteiger partial charge is 0.229 e. The van der Waals surface area contributed by atoms with E-state index >= 15 is 0 Å². The van der Waals surface area contributed by atoms with Crippen LogP contribution >= 0.6 is 0 Å². The molecule has 0 bridgehead atoms. The maximum absolute atomic E-state index is 10.7. The van der Waals surface area contributed by atoms with E-state index in [-0.39, 0.29) is 6.61 Å². The molecule has 6 heteroatoms. The van der Waals surface area contributed by atoms with Crippen molar-refractivity contribution in [3.05, 3.63) is 65.7 Å². The fraction of sp³-hybridized carbons (Fsp3) is 0.478. The summed E-state index contributed by atoms with van der Waals surface area (Å²) >= 11 is 0. The van der Waals surface area contributed by atoms with E-state index in [2.05, 4.69) is 26.0 Å². The van der Waals surface area contributed by atoms with Gasteiger partial charge in [-0.3, -0.25) is 0 Å². The summed E-state index contributed by atoms with van der Waals surface area (Å²) < 4.78 is 17.1. The number of hydrogen-bond donors (Lipinski definition) is 3. The van der Waals surface area contributed by atoms with Crippen molar-refractivity contribution in [3.8, 4) is 5.75 Å². The first kappa shape index (κ1) is 21.7. The molecule has 1 aliphatic rings. The summed E-state index contributed by atoms with van der Waals surface area (Å²) in [5.74, 6) is 1.10. The fourth-order valence-electron chi connectivity index (χ4n) is 3.42. The summed E-state index contributed by atoms with van der Waals surface area (Å²) in [5.41, 5.74) is 2.19. The highest BCUT2D eigenvalue weighted by molar-refractivity contribution is 5.23. The summed E-state index contributed by atoms with van der Waals surface area (Å²) in [4.78, 5) is 0. The Morgan fingerprint density at radius 1 is 0.931 bits per heavy atom. The highest BCUT2D eigenvalue weighted by Crippen LogP contribution is 2.27. The van der Waals surface area contributed by atoms with Crippen molar-refractivity contribution in [1.29, 1.82) is 0 Å². The summed E-state index contributed by atoms with van der Waals surface area (Å²) in [7, 11) is 0. The van der Waals surface area contributed by atoms with E-state index in [0.717, 1.165) is 12.0 Å². The lowest BCUT2D eigenvalue weighted by molar-refractivity contribution is -0.287. The third-order valence-corrected chi connectivity index (χ3v) is 4.93. The second kappa shape index (κ2) is 10.2. The van der Waals surface area contributed by atoms with Gasteiger partial charge in [0.25, 0.3) is 0 Å². The molecule has 5 atom stereocenters. The maximum atomic E-state index is 10.7. The van der Waals surface area contributed by atoms with E-state index in [0.29, 0.717) is 11.7 Å². The molecule has 0 spiro atoms. The van der Waals surface area contributed by atoms with Crippen molar-refractivity contribution < 1.29 is 29.5 Å². The van der Waals surface area contributed by atoms with Gasteiger partial charge in [0.05, 0.1) is 13.2 Å². The van der Waals surface area contributed by atoms with E-state index in [1.165, 1.54) is 5.56 Å². The van der Waals surface area contributed by atoms with Gasteiger partial charge in [0.2, 0.25) is 6.29 Å². The number of rotatable bonds is 8. The molecule has 1 saturated heterocycles. The van der Waals surface area contributed by atoms with Crippen molar-refractivity contribution in [2.24, 2.45) is 5.92 Å². The average Bonchev–Trinajstić information content (AvgIpc) is 2.71. The number of benzene rings is 2. The lowest BCUT2D eigenvalue weighted by Crippen LogP contribution is -2.60. The number of aliphatic hydroxyl groups is 3. The van der Waals surface area contributed by atoms with Crippen LogP contribution < -0.4 is 4.74 Å². The standard InChI is InChI=1S/C23H30O6/c1-15(2)12-16-8-10-17(11-9-16)14-27-22-20(25)19(13-24)29-23(21(22)26)28-18-6-4-3-5-7-18/h3-11,15,19-26H,12-14H2,1-2H3/t19-,20-,21-,22+,23-/m1/s1. The highest BCUT2D eigenvalue weighted by atomic mass is 16.7. The number of ether oxygens (including phenoxy) is 3. The minimum Gasteiger partial charge on any atom is -0.462 e. The normalized spacial score (nSPS) is 27.2. The number of hydrogen-bond acceptors (Lipinski definition) is 6. The molecule has 29 heavy (non-hydrogen) atoms. The highest BCUT2D eigenvalue weighted by Gasteiger charge is 2.46. The second-order valence-electron chi connectivity index (χ2n) is 7.83. The molecule has 0 unspecified atom stereocenters. The van der Waals surface area contributed by atoms with Crippen LogP contribution in [-0.4, -0.2) is 52.6 Å². The molecular formula is C23H30O6. The van der Waals surface area contributed by atoms with Gasteiger partial charge in [0.15, 0.2) is 0 Å². The first-order valence-electron chi connectivity index (χ1n) is 10.0. The lowest BCUT2D eigenvalue weighted by Gasteiger charge is -2.41. The van der Waals surface area contributed by atoms with Crippen LogP contribution in [0.2, 0.25) is 0 Å². The molecule has 6 nitrogen and oxygen atoms in total. The molecule has 0 aliphatic carbocycles. The fourth-order valence-corrected chi connectivity index (χ4v) is 3.42. The zero-order valence-electron chi connectivity index (χ0n) is 16.8. The van der Waals surface area contributed by atoms with Crippen LogP contribution in [0.5, 0.6) is 5.75 Å². The topological polar surface area (TPSA) is 88.4 Å². The van der Waals surface area contributed by atoms with Gasteiger partial charge >= 0.3 is 0 Å². The van der Waals surface area contributed by atoms with Crippen LogP contribution in [0.4, 0.5) is 0 Å². The van der Waals surface area contributed by atoms with Gasteiger partial charge in [-0.1, -0.05) is 56.3 Å². The van der Waals surface area contributed by atoms with Crippen molar-refractivity contribution in [3.63, 3.8) is 0 Å². The SMILES string of the molecule is CC(C)Cc1ccc(CO[C@@H]2[C@@H](O)[C@H](Oc3ccccc3)O[C@H](CO)[C@H]2O)cc1. The Bertz CT molecular complexity index is 733. The zero-order valence-corrected chi connectivity index (χ0v) is 16.8. The van der Waals surface area contributed by atoms with Crippen LogP contribution in [0, 0.1) is 5.92 Å². The molecule has 1 aliphatic heterocycles. The predicted octanol–water partition coefficient (Wildman–Crippen LogP) is 2.29. The lowest BCUT2D eigenvalue weighted by atomic mass is 9.98. The maximum Gasteiger partial charge on any atom is 0.229 e. The summed E-state index contributed by atoms with van der Waals surface area (Å²) in [6, 6.07) is 17.0. The van der Waals surface area contributed by atoms with Gasteiger partial charge < -0.3 is 29.5 Å². The molecule has 0 amide bonds. The molecule has 0 saturated carbocycles. The minimum absolute atomic E-state index is 0.219. The van der Waals surface area contributed by atoms with Crippen molar-refractivity contribution in [1.82, 2.24) is 0 Å². The molecule has 0 aromatic heterocycles. The van der Waals surface area contributed by atoms with E-state index < -0.39 is 37.3 Å². The molecule has 2 aromatic rings. The van der Waals surface area contributed by atoms with Crippen LogP contribution in [0.25, 0.3) is 0 Å². The quantitative estimate of drug-likeness (QED) is 0.628. The summed E-state index contributed by atoms with van der Waals surface area (Å²) in [6.07, 6.45) is -4.30. The van der Waals surface area contributed by atoms with Gasteiger partial charge in [-0.25, -0.2) is 0 Å². The largest absolute Gasteiger partial charge is 0.462 e. The van der Waals surface area contributed by atoms with Crippen LogP contribution in [0.1, 0.15) is 25.0 Å². The average molecular weight is 402 g/mol. The molecule has 1 heterocycles. The second-order valence-corrected chi connectivity index (χ2v) is 7.83. The monoisotopic (exact) mass is 402 g/mol. The molecule has 1 fully saturated rings.